The summed E-state index contributed by atoms with van der Waals surface area (Å²) in [5, 5.41) is 3.18. The number of hydrogen-bond acceptors (Lipinski definition) is 3. The van der Waals surface area contributed by atoms with Crippen molar-refractivity contribution in [1.82, 2.24) is 10.2 Å². The van der Waals surface area contributed by atoms with Crippen molar-refractivity contribution < 1.29 is 4.74 Å². The molecule has 4 heteroatoms. The molecule has 0 bridgehead atoms. The second kappa shape index (κ2) is 8.13. The lowest BCUT2D eigenvalue weighted by molar-refractivity contribution is 0.0724. The summed E-state index contributed by atoms with van der Waals surface area (Å²) in [6, 6.07) is 6.65. The van der Waals surface area contributed by atoms with Gasteiger partial charge in [0.05, 0.1) is 6.10 Å². The van der Waals surface area contributed by atoms with Crippen molar-refractivity contribution in [1.29, 1.82) is 0 Å². The summed E-state index contributed by atoms with van der Waals surface area (Å²) < 4.78 is 6.95. The number of nitrogens with one attached hydrogen (secondary N) is 1. The highest BCUT2D eigenvalue weighted by Gasteiger charge is 2.19. The summed E-state index contributed by atoms with van der Waals surface area (Å²) in [6.07, 6.45) is 2.85. The van der Waals surface area contributed by atoms with Gasteiger partial charge in [-0.25, -0.2) is 0 Å². The molecule has 1 N–H and O–H groups in total. The molecule has 3 nitrogen and oxygen atoms in total. The van der Waals surface area contributed by atoms with Gasteiger partial charge in [-0.2, -0.15) is 0 Å². The van der Waals surface area contributed by atoms with E-state index in [4.69, 9.17) is 4.74 Å². The van der Waals surface area contributed by atoms with Gasteiger partial charge in [-0.15, -0.1) is 0 Å². The Hall–Kier alpha value is -0.420. The Bertz CT molecular complexity index is 419. The first kappa shape index (κ1) is 16.0. The zero-order chi connectivity index (χ0) is 14.4. The lowest BCUT2D eigenvalue weighted by atomic mass is 10.1. The maximum Gasteiger partial charge on any atom is 0.0702 e. The molecule has 1 heterocycles. The Labute approximate surface area is 130 Å². The summed E-state index contributed by atoms with van der Waals surface area (Å²) in [4.78, 5) is 2.47. The predicted octanol–water partition coefficient (Wildman–Crippen LogP) is 3.17. The smallest absolute Gasteiger partial charge is 0.0702 e. The second-order valence-corrected chi connectivity index (χ2v) is 6.27. The van der Waals surface area contributed by atoms with Crippen LogP contribution in [-0.2, 0) is 17.8 Å². The molecule has 0 spiro atoms. The van der Waals surface area contributed by atoms with Crippen LogP contribution in [-0.4, -0.2) is 37.7 Å². The van der Waals surface area contributed by atoms with Gasteiger partial charge in [0, 0.05) is 30.7 Å². The minimum atomic E-state index is 0.428. The second-order valence-electron chi connectivity index (χ2n) is 5.42. The van der Waals surface area contributed by atoms with Crippen LogP contribution in [0.3, 0.4) is 0 Å². The molecule has 0 radical (unpaired) electrons. The highest BCUT2D eigenvalue weighted by Crippen LogP contribution is 2.21. The van der Waals surface area contributed by atoms with Gasteiger partial charge in [0.15, 0.2) is 0 Å². The molecule has 1 aliphatic rings. The Morgan fingerprint density at radius 1 is 1.45 bits per heavy atom. The number of ether oxygens (including phenoxy) is 1. The molecule has 2 rings (SSSR count). The fourth-order valence-electron chi connectivity index (χ4n) is 2.66. The summed E-state index contributed by atoms with van der Waals surface area (Å²) in [5.41, 5.74) is 2.66. The molecule has 1 aliphatic heterocycles. The average molecular weight is 341 g/mol. The van der Waals surface area contributed by atoms with Gasteiger partial charge in [0.1, 0.15) is 0 Å². The van der Waals surface area contributed by atoms with Crippen LogP contribution in [0.4, 0.5) is 0 Å². The third-order valence-corrected chi connectivity index (χ3v) is 4.56. The van der Waals surface area contributed by atoms with Crippen molar-refractivity contribution >= 4 is 15.9 Å². The Balaban J connectivity index is 1.95. The largest absolute Gasteiger partial charge is 0.377 e. The van der Waals surface area contributed by atoms with E-state index in [-0.39, 0.29) is 0 Å². The SMILES string of the molecule is CCN(Cc1ccc(CNC)cc1Br)CC1CCCO1. The van der Waals surface area contributed by atoms with Gasteiger partial charge in [-0.1, -0.05) is 35.0 Å². The number of rotatable bonds is 7. The topological polar surface area (TPSA) is 24.5 Å². The third-order valence-electron chi connectivity index (χ3n) is 3.83. The summed E-state index contributed by atoms with van der Waals surface area (Å²) in [6.45, 7) is 7.15. The van der Waals surface area contributed by atoms with Crippen molar-refractivity contribution in [3.63, 3.8) is 0 Å². The molecule has 1 saturated heterocycles. The molecule has 112 valence electrons. The molecular weight excluding hydrogens is 316 g/mol. The number of benzene rings is 1. The lowest BCUT2D eigenvalue weighted by Crippen LogP contribution is -2.31. The Morgan fingerprint density at radius 2 is 2.30 bits per heavy atom. The fraction of sp³-hybridized carbons (Fsp3) is 0.625. The maximum atomic E-state index is 5.74. The Morgan fingerprint density at radius 3 is 2.90 bits per heavy atom. The molecule has 0 aliphatic carbocycles. The Kier molecular flexibility index (Phi) is 6.49. The summed E-state index contributed by atoms with van der Waals surface area (Å²) in [5.74, 6) is 0. The molecule has 0 amide bonds. The highest BCUT2D eigenvalue weighted by atomic mass is 79.9. The van der Waals surface area contributed by atoms with E-state index in [0.29, 0.717) is 6.10 Å². The fourth-order valence-corrected chi connectivity index (χ4v) is 3.21. The van der Waals surface area contributed by atoms with E-state index in [1.807, 2.05) is 7.05 Å². The van der Waals surface area contributed by atoms with E-state index >= 15 is 0 Å². The molecule has 1 unspecified atom stereocenters. The van der Waals surface area contributed by atoms with E-state index in [0.717, 1.165) is 32.8 Å². The highest BCUT2D eigenvalue weighted by molar-refractivity contribution is 9.10. The molecular formula is C16H25BrN2O. The third kappa shape index (κ3) is 4.55. The van der Waals surface area contributed by atoms with E-state index in [9.17, 15) is 0 Å². The first-order valence-electron chi connectivity index (χ1n) is 7.48. The molecule has 0 aromatic heterocycles. The zero-order valence-corrected chi connectivity index (χ0v) is 14.1. The van der Waals surface area contributed by atoms with Crippen LogP contribution in [0.1, 0.15) is 30.9 Å². The van der Waals surface area contributed by atoms with Crippen LogP contribution >= 0.6 is 15.9 Å². The van der Waals surface area contributed by atoms with Crippen molar-refractivity contribution in [2.24, 2.45) is 0 Å². The van der Waals surface area contributed by atoms with Crippen LogP contribution in [0.2, 0.25) is 0 Å². The van der Waals surface area contributed by atoms with Crippen molar-refractivity contribution in [3.8, 4) is 0 Å². The van der Waals surface area contributed by atoms with Gasteiger partial charge < -0.3 is 10.1 Å². The molecule has 1 atom stereocenters. The van der Waals surface area contributed by atoms with E-state index in [1.54, 1.807) is 0 Å². The van der Waals surface area contributed by atoms with Crippen LogP contribution in [0.15, 0.2) is 22.7 Å². The van der Waals surface area contributed by atoms with Crippen LogP contribution in [0.5, 0.6) is 0 Å². The number of nitrogens with zero attached hydrogens (tertiary/aromatic N) is 1. The van der Waals surface area contributed by atoms with Crippen LogP contribution in [0, 0.1) is 0 Å². The maximum absolute atomic E-state index is 5.74. The number of halogens is 1. The molecule has 20 heavy (non-hydrogen) atoms. The number of likely N-dealkylation sites (N-methyl/N-ethyl adjacent to an activating group) is 1. The standard InChI is InChI=1S/C16H25BrN2O/c1-3-19(12-15-5-4-8-20-15)11-14-7-6-13(10-18-2)9-16(14)17/h6-7,9,15,18H,3-5,8,10-12H2,1-2H3. The van der Waals surface area contributed by atoms with Crippen LogP contribution < -0.4 is 5.32 Å². The predicted molar refractivity (Wildman–Crippen MR) is 86.8 cm³/mol. The lowest BCUT2D eigenvalue weighted by Gasteiger charge is -2.24. The first-order valence-corrected chi connectivity index (χ1v) is 8.28. The average Bonchev–Trinajstić information content (AvgIpc) is 2.94. The van der Waals surface area contributed by atoms with Crippen molar-refractivity contribution in [3.05, 3.63) is 33.8 Å². The van der Waals surface area contributed by atoms with E-state index in [2.05, 4.69) is 51.3 Å². The van der Waals surface area contributed by atoms with Gasteiger partial charge in [0.25, 0.3) is 0 Å². The van der Waals surface area contributed by atoms with Gasteiger partial charge >= 0.3 is 0 Å². The number of hydrogen-bond donors (Lipinski definition) is 1. The molecule has 1 aromatic rings. The van der Waals surface area contributed by atoms with Gasteiger partial charge in [-0.3, -0.25) is 4.90 Å². The summed E-state index contributed by atoms with van der Waals surface area (Å²) in [7, 11) is 1.97. The van der Waals surface area contributed by atoms with Crippen molar-refractivity contribution in [2.45, 2.75) is 39.0 Å². The monoisotopic (exact) mass is 340 g/mol. The summed E-state index contributed by atoms with van der Waals surface area (Å²) >= 11 is 3.70. The van der Waals surface area contributed by atoms with E-state index in [1.165, 1.54) is 28.4 Å². The minimum Gasteiger partial charge on any atom is -0.377 e. The van der Waals surface area contributed by atoms with E-state index < -0.39 is 0 Å². The quantitative estimate of drug-likeness (QED) is 0.825. The van der Waals surface area contributed by atoms with Gasteiger partial charge in [-0.05, 0) is 43.6 Å². The first-order chi connectivity index (χ1) is 9.72. The zero-order valence-electron chi connectivity index (χ0n) is 12.5. The molecule has 0 saturated carbocycles. The normalized spacial score (nSPS) is 18.9. The van der Waals surface area contributed by atoms with Crippen LogP contribution in [0.25, 0.3) is 0 Å². The molecule has 1 fully saturated rings. The molecule has 1 aromatic carbocycles. The van der Waals surface area contributed by atoms with Crippen molar-refractivity contribution in [2.75, 3.05) is 26.7 Å². The minimum absolute atomic E-state index is 0.428. The van der Waals surface area contributed by atoms with Gasteiger partial charge in [0.2, 0.25) is 0 Å².